The van der Waals surface area contributed by atoms with Gasteiger partial charge in [0.05, 0.1) is 6.54 Å². The molecule has 0 saturated heterocycles. The van der Waals surface area contributed by atoms with E-state index in [1.54, 1.807) is 0 Å². The molecular weight excluding hydrogens is 302 g/mol. The summed E-state index contributed by atoms with van der Waals surface area (Å²) in [6.45, 7) is 1.45. The Hall–Kier alpha value is -1.59. The van der Waals surface area contributed by atoms with Gasteiger partial charge in [0.2, 0.25) is 0 Å². The van der Waals surface area contributed by atoms with Crippen molar-refractivity contribution >= 4 is 6.03 Å². The van der Waals surface area contributed by atoms with Gasteiger partial charge >= 0.3 is 6.03 Å². The molecule has 24 heavy (non-hydrogen) atoms. The van der Waals surface area contributed by atoms with E-state index in [1.165, 1.54) is 57.8 Å². The summed E-state index contributed by atoms with van der Waals surface area (Å²) in [4.78, 5) is 12.2. The zero-order valence-corrected chi connectivity index (χ0v) is 14.5. The number of rotatable bonds is 4. The molecule has 3 aliphatic rings. The molecule has 1 aromatic rings. The van der Waals surface area contributed by atoms with Gasteiger partial charge in [-0.15, -0.1) is 10.2 Å². The quantitative estimate of drug-likeness (QED) is 0.891. The molecule has 2 atom stereocenters. The first-order valence-electron chi connectivity index (χ1n) is 9.76. The summed E-state index contributed by atoms with van der Waals surface area (Å²) in [5.41, 5.74) is 0. The molecule has 132 valence electrons. The highest BCUT2D eigenvalue weighted by atomic mass is 16.2. The third-order valence-corrected chi connectivity index (χ3v) is 6.00. The molecule has 0 aromatic carbocycles. The van der Waals surface area contributed by atoms with Crippen LogP contribution in [0.2, 0.25) is 0 Å². The molecule has 4 rings (SSSR count). The molecule has 2 amide bonds. The topological polar surface area (TPSA) is 71.8 Å². The molecule has 0 bridgehead atoms. The number of aromatic nitrogens is 3. The second-order valence-corrected chi connectivity index (χ2v) is 7.73. The highest BCUT2D eigenvalue weighted by Crippen LogP contribution is 2.44. The van der Waals surface area contributed by atoms with Crippen LogP contribution in [0.1, 0.15) is 69.4 Å². The van der Waals surface area contributed by atoms with E-state index in [4.69, 9.17) is 0 Å². The summed E-state index contributed by atoms with van der Waals surface area (Å²) in [5.74, 6) is 3.53. The van der Waals surface area contributed by atoms with Crippen molar-refractivity contribution in [3.63, 3.8) is 0 Å². The van der Waals surface area contributed by atoms with E-state index in [0.29, 0.717) is 12.6 Å². The van der Waals surface area contributed by atoms with Crippen molar-refractivity contribution in [2.75, 3.05) is 0 Å². The Morgan fingerprint density at radius 2 is 1.92 bits per heavy atom. The van der Waals surface area contributed by atoms with E-state index < -0.39 is 0 Å². The van der Waals surface area contributed by atoms with Crippen LogP contribution in [0.3, 0.4) is 0 Å². The fraction of sp³-hybridized carbons (Fsp3) is 0.833. The van der Waals surface area contributed by atoms with Crippen LogP contribution in [0, 0.1) is 11.8 Å². The van der Waals surface area contributed by atoms with Gasteiger partial charge in [-0.25, -0.2) is 4.79 Å². The zero-order chi connectivity index (χ0) is 16.4. The van der Waals surface area contributed by atoms with Gasteiger partial charge in [-0.05, 0) is 31.1 Å². The average molecular weight is 331 g/mol. The van der Waals surface area contributed by atoms with Crippen molar-refractivity contribution in [1.82, 2.24) is 25.4 Å². The number of urea groups is 1. The Labute approximate surface area is 143 Å². The van der Waals surface area contributed by atoms with Crippen LogP contribution < -0.4 is 10.6 Å². The number of aryl methyl sites for hydroxylation is 1. The predicted molar refractivity (Wildman–Crippen MR) is 91.4 cm³/mol. The van der Waals surface area contributed by atoms with Crippen LogP contribution in [-0.4, -0.2) is 26.8 Å². The summed E-state index contributed by atoms with van der Waals surface area (Å²) < 4.78 is 2.19. The van der Waals surface area contributed by atoms with Crippen molar-refractivity contribution in [2.24, 2.45) is 11.8 Å². The summed E-state index contributed by atoms with van der Waals surface area (Å²) in [6.07, 6.45) is 12.6. The molecule has 2 saturated carbocycles. The van der Waals surface area contributed by atoms with Gasteiger partial charge in [-0.3, -0.25) is 0 Å². The van der Waals surface area contributed by atoms with E-state index in [1.807, 2.05) is 0 Å². The molecule has 1 aliphatic heterocycles. The molecule has 0 spiro atoms. The third-order valence-electron chi connectivity index (χ3n) is 6.00. The molecule has 2 N–H and O–H groups in total. The molecule has 1 aromatic heterocycles. The first kappa shape index (κ1) is 15.9. The lowest BCUT2D eigenvalue weighted by atomic mass is 9.85. The van der Waals surface area contributed by atoms with Crippen molar-refractivity contribution in [3.8, 4) is 0 Å². The normalized spacial score (nSPS) is 27.2. The maximum atomic E-state index is 12.2. The molecule has 2 fully saturated rings. The van der Waals surface area contributed by atoms with Gasteiger partial charge in [0.1, 0.15) is 5.82 Å². The molecule has 0 radical (unpaired) electrons. The minimum Gasteiger partial charge on any atom is -0.335 e. The van der Waals surface area contributed by atoms with Crippen molar-refractivity contribution in [1.29, 1.82) is 0 Å². The number of hydrogen-bond donors (Lipinski definition) is 2. The van der Waals surface area contributed by atoms with Crippen LogP contribution >= 0.6 is 0 Å². The second-order valence-electron chi connectivity index (χ2n) is 7.73. The van der Waals surface area contributed by atoms with E-state index in [9.17, 15) is 4.79 Å². The van der Waals surface area contributed by atoms with Crippen LogP contribution in [-0.2, 0) is 19.5 Å². The number of hydrogen-bond acceptors (Lipinski definition) is 3. The Morgan fingerprint density at radius 3 is 2.79 bits per heavy atom. The van der Waals surface area contributed by atoms with E-state index in [2.05, 4.69) is 25.4 Å². The fourth-order valence-electron chi connectivity index (χ4n) is 4.52. The van der Waals surface area contributed by atoms with Gasteiger partial charge in [-0.2, -0.15) is 0 Å². The van der Waals surface area contributed by atoms with Gasteiger partial charge in [0.15, 0.2) is 5.82 Å². The van der Waals surface area contributed by atoms with Crippen LogP contribution in [0.5, 0.6) is 0 Å². The van der Waals surface area contributed by atoms with Crippen molar-refractivity contribution < 1.29 is 4.79 Å². The van der Waals surface area contributed by atoms with Gasteiger partial charge in [0, 0.05) is 19.0 Å². The van der Waals surface area contributed by atoms with Crippen LogP contribution in [0.25, 0.3) is 0 Å². The lowest BCUT2D eigenvalue weighted by molar-refractivity contribution is 0.237. The lowest BCUT2D eigenvalue weighted by Crippen LogP contribution is -2.38. The Kier molecular flexibility index (Phi) is 4.72. The first-order chi connectivity index (χ1) is 11.8. The number of carbonyl (C=O) groups excluding carboxylic acids is 1. The van der Waals surface area contributed by atoms with Crippen LogP contribution in [0.15, 0.2) is 0 Å². The standard InChI is InChI=1S/C18H29N5O/c24-18(20-15-11-14(15)13-7-3-1-4-8-13)19-12-17-22-21-16-9-5-2-6-10-23(16)17/h13-15H,1-12H2,(H2,19,20,24)/t14-,15+/m0/s1. The molecule has 6 nitrogen and oxygen atoms in total. The molecule has 2 heterocycles. The molecule has 0 unspecified atom stereocenters. The zero-order valence-electron chi connectivity index (χ0n) is 14.5. The Balaban J connectivity index is 1.24. The first-order valence-corrected chi connectivity index (χ1v) is 9.76. The minimum atomic E-state index is -0.0516. The Morgan fingerprint density at radius 1 is 1.08 bits per heavy atom. The van der Waals surface area contributed by atoms with Crippen LogP contribution in [0.4, 0.5) is 4.79 Å². The van der Waals surface area contributed by atoms with E-state index >= 15 is 0 Å². The lowest BCUT2D eigenvalue weighted by Gasteiger charge is -2.21. The summed E-state index contributed by atoms with van der Waals surface area (Å²) in [7, 11) is 0. The second kappa shape index (κ2) is 7.11. The maximum Gasteiger partial charge on any atom is 0.315 e. The number of nitrogens with zero attached hydrogens (tertiary/aromatic N) is 3. The molecular formula is C18H29N5O. The maximum absolute atomic E-state index is 12.2. The summed E-state index contributed by atoms with van der Waals surface area (Å²) in [5, 5.41) is 14.7. The highest BCUT2D eigenvalue weighted by Gasteiger charge is 2.43. The fourth-order valence-corrected chi connectivity index (χ4v) is 4.52. The van der Waals surface area contributed by atoms with Gasteiger partial charge in [0.25, 0.3) is 0 Å². The smallest absolute Gasteiger partial charge is 0.315 e. The molecule has 6 heteroatoms. The number of fused-ring (bicyclic) bond motifs is 1. The monoisotopic (exact) mass is 331 g/mol. The largest absolute Gasteiger partial charge is 0.335 e. The summed E-state index contributed by atoms with van der Waals surface area (Å²) >= 11 is 0. The SMILES string of the molecule is O=C(NCc1nnc2n1CCCCC2)N[C@@H]1C[C@H]1C1CCCCC1. The summed E-state index contributed by atoms with van der Waals surface area (Å²) in [6, 6.07) is 0.341. The highest BCUT2D eigenvalue weighted by molar-refractivity contribution is 5.74. The predicted octanol–water partition coefficient (Wildman–Crippen LogP) is 2.77. The van der Waals surface area contributed by atoms with E-state index in [0.717, 1.165) is 36.5 Å². The number of amides is 2. The Bertz CT molecular complexity index is 578. The van der Waals surface area contributed by atoms with Crippen molar-refractivity contribution in [2.45, 2.75) is 83.3 Å². The van der Waals surface area contributed by atoms with Gasteiger partial charge < -0.3 is 15.2 Å². The molecule has 2 aliphatic carbocycles. The van der Waals surface area contributed by atoms with E-state index in [-0.39, 0.29) is 6.03 Å². The third kappa shape index (κ3) is 3.57. The van der Waals surface area contributed by atoms with Crippen molar-refractivity contribution in [3.05, 3.63) is 11.6 Å². The van der Waals surface area contributed by atoms with Gasteiger partial charge in [-0.1, -0.05) is 38.5 Å². The number of nitrogens with one attached hydrogen (secondary N) is 2. The number of carbonyl (C=O) groups is 1. The average Bonchev–Trinajstić information content (AvgIpc) is 3.32. The minimum absolute atomic E-state index is 0.0516.